The highest BCUT2D eigenvalue weighted by atomic mass is 16.2. The largest absolute Gasteiger partial charge is 0.325 e. The smallest absolute Gasteiger partial charge is 0.241 e. The molecule has 0 bridgehead atoms. The summed E-state index contributed by atoms with van der Waals surface area (Å²) in [7, 11) is 1.89. The Bertz CT molecular complexity index is 1140. The Kier molecular flexibility index (Phi) is 5.29. The number of fused-ring (bicyclic) bond motifs is 2. The van der Waals surface area contributed by atoms with Crippen molar-refractivity contribution in [3.63, 3.8) is 0 Å². The number of anilines is 1. The average Bonchev–Trinajstić information content (AvgIpc) is 2.77. The minimum atomic E-state index is -0.376. The summed E-state index contributed by atoms with van der Waals surface area (Å²) in [6.45, 7) is 2.48. The molecule has 1 aliphatic rings. The quantitative estimate of drug-likeness (QED) is 0.553. The second-order valence-electron chi connectivity index (χ2n) is 7.53. The van der Waals surface area contributed by atoms with Crippen molar-refractivity contribution in [1.29, 1.82) is 0 Å². The van der Waals surface area contributed by atoms with E-state index in [-0.39, 0.29) is 23.5 Å². The molecule has 0 spiro atoms. The number of benzene rings is 3. The first kappa shape index (κ1) is 19.7. The molecule has 1 N–H and O–H groups in total. The van der Waals surface area contributed by atoms with Gasteiger partial charge < -0.3 is 5.32 Å². The highest BCUT2D eigenvalue weighted by molar-refractivity contribution is 6.28. The van der Waals surface area contributed by atoms with Crippen LogP contribution < -0.4 is 5.32 Å². The van der Waals surface area contributed by atoms with E-state index in [9.17, 15) is 14.4 Å². The Morgan fingerprint density at radius 3 is 2.07 bits per heavy atom. The molecule has 3 aromatic carbocycles. The van der Waals surface area contributed by atoms with E-state index in [0.717, 1.165) is 5.56 Å². The van der Waals surface area contributed by atoms with Gasteiger partial charge in [0.25, 0.3) is 0 Å². The van der Waals surface area contributed by atoms with E-state index in [1.54, 1.807) is 42.5 Å². The van der Waals surface area contributed by atoms with Crippen LogP contribution in [0.25, 0.3) is 0 Å². The number of hydrogen-bond acceptors (Lipinski definition) is 4. The number of nitrogens with zero attached hydrogens (tertiary/aromatic N) is 1. The van der Waals surface area contributed by atoms with Gasteiger partial charge in [-0.3, -0.25) is 19.3 Å². The fraction of sp³-hybridized carbons (Fsp3) is 0.160. The fourth-order valence-electron chi connectivity index (χ4n) is 3.63. The highest BCUT2D eigenvalue weighted by Gasteiger charge is 2.29. The molecule has 0 heterocycles. The predicted octanol–water partition coefficient (Wildman–Crippen LogP) is 3.92. The predicted molar refractivity (Wildman–Crippen MR) is 116 cm³/mol. The van der Waals surface area contributed by atoms with Gasteiger partial charge >= 0.3 is 0 Å². The van der Waals surface area contributed by atoms with Crippen LogP contribution >= 0.6 is 0 Å². The van der Waals surface area contributed by atoms with Crippen LogP contribution in [0.2, 0.25) is 0 Å². The van der Waals surface area contributed by atoms with E-state index >= 15 is 0 Å². The Morgan fingerprint density at radius 1 is 0.833 bits per heavy atom. The molecule has 1 amide bonds. The van der Waals surface area contributed by atoms with Gasteiger partial charge in [0, 0.05) is 34.5 Å². The maximum Gasteiger partial charge on any atom is 0.241 e. The molecule has 30 heavy (non-hydrogen) atoms. The van der Waals surface area contributed by atoms with Crippen LogP contribution in [0.3, 0.4) is 0 Å². The molecule has 0 fully saturated rings. The Hall–Kier alpha value is -3.57. The van der Waals surface area contributed by atoms with Gasteiger partial charge in [-0.05, 0) is 37.7 Å². The van der Waals surface area contributed by atoms with Crippen LogP contribution in [0.5, 0.6) is 0 Å². The first-order valence-electron chi connectivity index (χ1n) is 9.83. The summed E-state index contributed by atoms with van der Waals surface area (Å²) >= 11 is 0. The topological polar surface area (TPSA) is 66.5 Å². The highest BCUT2D eigenvalue weighted by Crippen LogP contribution is 2.29. The molecule has 3 aromatic rings. The molecule has 4 rings (SSSR count). The zero-order valence-electron chi connectivity index (χ0n) is 16.9. The van der Waals surface area contributed by atoms with Gasteiger partial charge in [-0.2, -0.15) is 0 Å². The molecule has 1 aliphatic carbocycles. The third-order valence-corrected chi connectivity index (χ3v) is 5.51. The number of likely N-dealkylation sites (N-methyl/N-ethyl adjacent to an activating group) is 1. The lowest BCUT2D eigenvalue weighted by Crippen LogP contribution is -2.39. The van der Waals surface area contributed by atoms with Crippen LogP contribution in [0, 0.1) is 0 Å². The Balaban J connectivity index is 1.51. The second-order valence-corrected chi connectivity index (χ2v) is 7.53. The number of carbonyl (C=O) groups excluding carboxylic acids is 3. The van der Waals surface area contributed by atoms with Gasteiger partial charge in [0.2, 0.25) is 5.91 Å². The van der Waals surface area contributed by atoms with Gasteiger partial charge in [-0.1, -0.05) is 54.6 Å². The van der Waals surface area contributed by atoms with Crippen molar-refractivity contribution >= 4 is 23.2 Å². The van der Waals surface area contributed by atoms with Gasteiger partial charge in [0.15, 0.2) is 11.6 Å². The SMILES string of the molecule is C[C@H](C(=O)Nc1ccc2c(c1)C(=O)c1ccccc1C2=O)N(C)Cc1ccccc1. The minimum Gasteiger partial charge on any atom is -0.325 e. The van der Waals surface area contributed by atoms with E-state index in [4.69, 9.17) is 0 Å². The Labute approximate surface area is 175 Å². The van der Waals surface area contributed by atoms with Crippen molar-refractivity contribution in [1.82, 2.24) is 4.90 Å². The van der Waals surface area contributed by atoms with Crippen LogP contribution in [-0.4, -0.2) is 35.5 Å². The molecule has 1 atom stereocenters. The molecule has 0 radical (unpaired) electrons. The fourth-order valence-corrected chi connectivity index (χ4v) is 3.63. The molecule has 0 unspecified atom stereocenters. The van der Waals surface area contributed by atoms with Crippen LogP contribution in [0.4, 0.5) is 5.69 Å². The summed E-state index contributed by atoms with van der Waals surface area (Å²) in [5.41, 5.74) is 3.13. The molecular formula is C25H22N2O3. The summed E-state index contributed by atoms with van der Waals surface area (Å²) in [5, 5.41) is 2.87. The third kappa shape index (κ3) is 3.67. The zero-order valence-corrected chi connectivity index (χ0v) is 16.9. The minimum absolute atomic E-state index is 0.172. The molecule has 0 saturated carbocycles. The summed E-state index contributed by atoms with van der Waals surface area (Å²) in [5.74, 6) is -0.553. The monoisotopic (exact) mass is 398 g/mol. The van der Waals surface area contributed by atoms with E-state index in [1.165, 1.54) is 0 Å². The van der Waals surface area contributed by atoms with Gasteiger partial charge in [-0.25, -0.2) is 0 Å². The third-order valence-electron chi connectivity index (χ3n) is 5.51. The van der Waals surface area contributed by atoms with Crippen LogP contribution in [-0.2, 0) is 11.3 Å². The maximum absolute atomic E-state index is 12.9. The number of rotatable bonds is 5. The van der Waals surface area contributed by atoms with E-state index in [2.05, 4.69) is 5.32 Å². The first-order chi connectivity index (χ1) is 14.5. The van der Waals surface area contributed by atoms with Crippen molar-refractivity contribution in [3.05, 3.63) is 101 Å². The van der Waals surface area contributed by atoms with Crippen LogP contribution in [0.15, 0.2) is 72.8 Å². The molecule has 0 aromatic heterocycles. The number of amides is 1. The van der Waals surface area contributed by atoms with Crippen LogP contribution in [0.1, 0.15) is 44.3 Å². The normalized spacial score (nSPS) is 13.6. The van der Waals surface area contributed by atoms with Gasteiger partial charge in [-0.15, -0.1) is 0 Å². The number of hydrogen-bond donors (Lipinski definition) is 1. The summed E-state index contributed by atoms with van der Waals surface area (Å²) in [4.78, 5) is 40.3. The standard InChI is InChI=1S/C25H22N2O3/c1-16(27(2)15-17-8-4-3-5-9-17)25(30)26-18-12-13-21-22(14-18)24(29)20-11-7-6-10-19(20)23(21)28/h3-14,16H,15H2,1-2H3,(H,26,30)/t16-/m1/s1. The molecule has 0 aliphatic heterocycles. The number of ketones is 2. The van der Waals surface area contributed by atoms with E-state index in [0.29, 0.717) is 34.5 Å². The van der Waals surface area contributed by atoms with Crippen molar-refractivity contribution in [3.8, 4) is 0 Å². The van der Waals surface area contributed by atoms with E-state index in [1.807, 2.05) is 49.2 Å². The molecule has 150 valence electrons. The van der Waals surface area contributed by atoms with Crippen molar-refractivity contribution < 1.29 is 14.4 Å². The van der Waals surface area contributed by atoms with Crippen molar-refractivity contribution in [2.45, 2.75) is 19.5 Å². The lowest BCUT2D eigenvalue weighted by Gasteiger charge is -2.24. The molecule has 5 nitrogen and oxygen atoms in total. The lowest BCUT2D eigenvalue weighted by molar-refractivity contribution is -0.120. The maximum atomic E-state index is 12.9. The average molecular weight is 398 g/mol. The Morgan fingerprint density at radius 2 is 1.40 bits per heavy atom. The van der Waals surface area contributed by atoms with Crippen molar-refractivity contribution in [2.75, 3.05) is 12.4 Å². The van der Waals surface area contributed by atoms with E-state index < -0.39 is 0 Å². The summed E-state index contributed by atoms with van der Waals surface area (Å²) < 4.78 is 0. The summed E-state index contributed by atoms with van der Waals surface area (Å²) in [6, 6.07) is 21.2. The number of nitrogens with one attached hydrogen (secondary N) is 1. The molecular weight excluding hydrogens is 376 g/mol. The first-order valence-corrected chi connectivity index (χ1v) is 9.83. The van der Waals surface area contributed by atoms with Gasteiger partial charge in [0.05, 0.1) is 6.04 Å². The van der Waals surface area contributed by atoms with Gasteiger partial charge in [0.1, 0.15) is 0 Å². The van der Waals surface area contributed by atoms with Crippen molar-refractivity contribution in [2.24, 2.45) is 0 Å². The molecule has 0 saturated heterocycles. The zero-order chi connectivity index (χ0) is 21.3. The summed E-state index contributed by atoms with van der Waals surface area (Å²) in [6.07, 6.45) is 0. The molecule has 5 heteroatoms. The second kappa shape index (κ2) is 8.05. The lowest BCUT2D eigenvalue weighted by atomic mass is 9.84. The number of carbonyl (C=O) groups is 3.